The van der Waals surface area contributed by atoms with Gasteiger partial charge in [-0.25, -0.2) is 0 Å². The van der Waals surface area contributed by atoms with Gasteiger partial charge >= 0.3 is 5.97 Å². The summed E-state index contributed by atoms with van der Waals surface area (Å²) in [4.78, 5) is 15.0. The lowest BCUT2D eigenvalue weighted by molar-refractivity contribution is -0.153. The van der Waals surface area contributed by atoms with Crippen molar-refractivity contribution < 1.29 is 14.3 Å². The lowest BCUT2D eigenvalue weighted by Gasteiger charge is -2.32. The van der Waals surface area contributed by atoms with Crippen molar-refractivity contribution in [2.45, 2.75) is 84.9 Å². The molecule has 0 N–H and O–H groups in total. The molecule has 4 heteroatoms. The smallest absolute Gasteiger partial charge is 0.310 e. The minimum Gasteiger partial charge on any atom is -0.496 e. The standard InChI is InChI=1S/C28H41NO3/c1-20(2)29(21(3)4)17-16-24(23-12-10-9-11-13-23)25-18-22(14-15-26(25)31-8)19-27(30)32-28(5,6)7/h9-15,18,20-21,24H,16-17,19H2,1-8H3/t24-/m1/s1. The number of hydrogen-bond donors (Lipinski definition) is 0. The van der Waals surface area contributed by atoms with Crippen molar-refractivity contribution in [3.63, 3.8) is 0 Å². The maximum absolute atomic E-state index is 12.4. The van der Waals surface area contributed by atoms with Crippen LogP contribution in [0.25, 0.3) is 0 Å². The van der Waals surface area contributed by atoms with Crippen molar-refractivity contribution in [1.29, 1.82) is 0 Å². The molecule has 0 aliphatic rings. The van der Waals surface area contributed by atoms with Gasteiger partial charge in [-0.1, -0.05) is 42.5 Å². The van der Waals surface area contributed by atoms with Gasteiger partial charge in [0.2, 0.25) is 0 Å². The largest absolute Gasteiger partial charge is 0.496 e. The van der Waals surface area contributed by atoms with Crippen LogP contribution < -0.4 is 4.74 Å². The zero-order chi connectivity index (χ0) is 23.9. The van der Waals surface area contributed by atoms with Gasteiger partial charge in [-0.2, -0.15) is 0 Å². The molecule has 0 bridgehead atoms. The molecule has 176 valence electrons. The average Bonchev–Trinajstić information content (AvgIpc) is 2.70. The van der Waals surface area contributed by atoms with Crippen LogP contribution in [0.2, 0.25) is 0 Å². The lowest BCUT2D eigenvalue weighted by Crippen LogP contribution is -2.38. The summed E-state index contributed by atoms with van der Waals surface area (Å²) < 4.78 is 11.3. The highest BCUT2D eigenvalue weighted by molar-refractivity contribution is 5.73. The highest BCUT2D eigenvalue weighted by atomic mass is 16.6. The molecule has 0 aliphatic heterocycles. The fourth-order valence-electron chi connectivity index (χ4n) is 4.29. The Morgan fingerprint density at radius 3 is 2.12 bits per heavy atom. The molecule has 2 aromatic carbocycles. The van der Waals surface area contributed by atoms with Crippen molar-refractivity contribution in [1.82, 2.24) is 4.90 Å². The Labute approximate surface area is 194 Å². The molecule has 4 nitrogen and oxygen atoms in total. The number of rotatable bonds is 10. The molecule has 2 rings (SSSR count). The highest BCUT2D eigenvalue weighted by Gasteiger charge is 2.23. The van der Waals surface area contributed by atoms with E-state index in [1.165, 1.54) is 5.56 Å². The topological polar surface area (TPSA) is 38.8 Å². The summed E-state index contributed by atoms with van der Waals surface area (Å²) in [6.45, 7) is 15.7. The third kappa shape index (κ3) is 7.67. The van der Waals surface area contributed by atoms with Crippen LogP contribution in [-0.2, 0) is 16.0 Å². The molecule has 0 amide bonds. The second-order valence-corrected chi connectivity index (χ2v) is 10.0. The molecule has 0 radical (unpaired) electrons. The molecule has 0 heterocycles. The molecule has 0 fully saturated rings. The summed E-state index contributed by atoms with van der Waals surface area (Å²) in [7, 11) is 1.71. The van der Waals surface area contributed by atoms with Crippen molar-refractivity contribution in [3.8, 4) is 5.75 Å². The summed E-state index contributed by atoms with van der Waals surface area (Å²) in [6, 6.07) is 17.6. The van der Waals surface area contributed by atoms with E-state index in [0.717, 1.165) is 29.8 Å². The molecule has 0 aliphatic carbocycles. The number of methoxy groups -OCH3 is 1. The molecule has 0 spiro atoms. The monoisotopic (exact) mass is 439 g/mol. The van der Waals surface area contributed by atoms with Crippen LogP contribution >= 0.6 is 0 Å². The third-order valence-corrected chi connectivity index (χ3v) is 5.64. The summed E-state index contributed by atoms with van der Waals surface area (Å²) in [5.41, 5.74) is 2.83. The quantitative estimate of drug-likeness (QED) is 0.412. The van der Waals surface area contributed by atoms with Crippen LogP contribution in [0.4, 0.5) is 0 Å². The summed E-state index contributed by atoms with van der Waals surface area (Å²) in [5.74, 6) is 0.813. The number of carbonyl (C=O) groups excluding carboxylic acids is 1. The molecule has 2 aromatic rings. The van der Waals surface area contributed by atoms with Gasteiger partial charge in [0.25, 0.3) is 0 Å². The highest BCUT2D eigenvalue weighted by Crippen LogP contribution is 2.36. The first kappa shape index (κ1) is 25.9. The first-order valence-electron chi connectivity index (χ1n) is 11.7. The Kier molecular flexibility index (Phi) is 9.33. The van der Waals surface area contributed by atoms with E-state index in [2.05, 4.69) is 62.9 Å². The predicted octanol–water partition coefficient (Wildman–Crippen LogP) is 6.22. The van der Waals surface area contributed by atoms with Crippen LogP contribution in [0.5, 0.6) is 5.75 Å². The number of carbonyl (C=O) groups is 1. The van der Waals surface area contributed by atoms with E-state index in [4.69, 9.17) is 9.47 Å². The number of hydrogen-bond acceptors (Lipinski definition) is 4. The van der Waals surface area contributed by atoms with Crippen molar-refractivity contribution >= 4 is 5.97 Å². The van der Waals surface area contributed by atoms with E-state index in [1.54, 1.807) is 7.11 Å². The number of benzene rings is 2. The number of nitrogens with zero attached hydrogens (tertiary/aromatic N) is 1. The Hall–Kier alpha value is -2.33. The Morgan fingerprint density at radius 2 is 1.59 bits per heavy atom. The molecule has 1 atom stereocenters. The summed E-state index contributed by atoms with van der Waals surface area (Å²) in [6.07, 6.45) is 1.21. The minimum absolute atomic E-state index is 0.171. The maximum Gasteiger partial charge on any atom is 0.310 e. The minimum atomic E-state index is -0.490. The van der Waals surface area contributed by atoms with E-state index >= 15 is 0 Å². The molecule has 0 saturated carbocycles. The van der Waals surface area contributed by atoms with E-state index in [1.807, 2.05) is 39.0 Å². The molecule has 32 heavy (non-hydrogen) atoms. The zero-order valence-corrected chi connectivity index (χ0v) is 21.1. The van der Waals surface area contributed by atoms with Gasteiger partial charge in [0.05, 0.1) is 13.5 Å². The van der Waals surface area contributed by atoms with Crippen molar-refractivity contribution in [3.05, 3.63) is 65.2 Å². The molecular weight excluding hydrogens is 398 g/mol. The number of ether oxygens (including phenoxy) is 2. The Morgan fingerprint density at radius 1 is 0.969 bits per heavy atom. The van der Waals surface area contributed by atoms with Gasteiger partial charge in [-0.15, -0.1) is 0 Å². The van der Waals surface area contributed by atoms with Gasteiger partial charge in [-0.3, -0.25) is 9.69 Å². The van der Waals surface area contributed by atoms with Crippen LogP contribution in [0, 0.1) is 0 Å². The average molecular weight is 440 g/mol. The van der Waals surface area contributed by atoms with Gasteiger partial charge in [0, 0.05) is 23.6 Å². The van der Waals surface area contributed by atoms with E-state index in [0.29, 0.717) is 12.1 Å². The Bertz CT molecular complexity index is 845. The normalized spacial score (nSPS) is 13.0. The first-order valence-corrected chi connectivity index (χ1v) is 11.7. The predicted molar refractivity (Wildman–Crippen MR) is 132 cm³/mol. The van der Waals surface area contributed by atoms with E-state index in [-0.39, 0.29) is 18.3 Å². The van der Waals surface area contributed by atoms with Crippen LogP contribution in [0.15, 0.2) is 48.5 Å². The molecule has 0 unspecified atom stereocenters. The van der Waals surface area contributed by atoms with Crippen LogP contribution in [0.1, 0.15) is 77.5 Å². The third-order valence-electron chi connectivity index (χ3n) is 5.64. The second kappa shape index (κ2) is 11.5. The summed E-state index contributed by atoms with van der Waals surface area (Å²) >= 11 is 0. The lowest BCUT2D eigenvalue weighted by atomic mass is 9.86. The summed E-state index contributed by atoms with van der Waals surface area (Å²) in [5, 5.41) is 0. The van der Waals surface area contributed by atoms with Gasteiger partial charge in [0.15, 0.2) is 0 Å². The molecule has 0 aromatic heterocycles. The van der Waals surface area contributed by atoms with Crippen molar-refractivity contribution in [2.75, 3.05) is 13.7 Å². The van der Waals surface area contributed by atoms with E-state index < -0.39 is 5.60 Å². The first-order chi connectivity index (χ1) is 15.0. The fraction of sp³-hybridized carbons (Fsp3) is 0.536. The second-order valence-electron chi connectivity index (χ2n) is 10.0. The number of esters is 1. The van der Waals surface area contributed by atoms with Gasteiger partial charge in [-0.05, 0) is 78.6 Å². The fourth-order valence-corrected chi connectivity index (χ4v) is 4.29. The van der Waals surface area contributed by atoms with Crippen LogP contribution in [0.3, 0.4) is 0 Å². The van der Waals surface area contributed by atoms with Gasteiger partial charge in [0.1, 0.15) is 11.4 Å². The van der Waals surface area contributed by atoms with Crippen LogP contribution in [-0.4, -0.2) is 42.2 Å². The molecular formula is C28H41NO3. The van der Waals surface area contributed by atoms with Crippen molar-refractivity contribution in [2.24, 2.45) is 0 Å². The SMILES string of the molecule is COc1ccc(CC(=O)OC(C)(C)C)cc1[C@H](CCN(C(C)C)C(C)C)c1ccccc1. The zero-order valence-electron chi connectivity index (χ0n) is 21.1. The molecule has 0 saturated heterocycles. The van der Waals surface area contributed by atoms with Gasteiger partial charge < -0.3 is 9.47 Å². The Balaban J connectivity index is 2.39. The maximum atomic E-state index is 12.4. The van der Waals surface area contributed by atoms with E-state index in [9.17, 15) is 4.79 Å².